The van der Waals surface area contributed by atoms with Crippen LogP contribution in [-0.4, -0.2) is 30.5 Å². The molecule has 0 spiro atoms. The smallest absolute Gasteiger partial charge is 0.0685 e. The molecule has 1 saturated heterocycles. The summed E-state index contributed by atoms with van der Waals surface area (Å²) in [5, 5.41) is 13.3. The summed E-state index contributed by atoms with van der Waals surface area (Å²) in [7, 11) is 0. The molecule has 0 amide bonds. The Morgan fingerprint density at radius 3 is 2.79 bits per heavy atom. The fourth-order valence-corrected chi connectivity index (χ4v) is 3.82. The molecule has 2 fully saturated rings. The van der Waals surface area contributed by atoms with Gasteiger partial charge in [-0.2, -0.15) is 0 Å². The Morgan fingerprint density at radius 2 is 2.11 bits per heavy atom. The first-order valence-corrected chi connectivity index (χ1v) is 7.18. The molecule has 0 radical (unpaired) electrons. The van der Waals surface area contributed by atoms with Crippen molar-refractivity contribution < 1.29 is 9.84 Å². The number of aliphatic hydroxyl groups is 1. The van der Waals surface area contributed by atoms with Gasteiger partial charge in [-0.3, -0.25) is 0 Å². The first kappa shape index (κ1) is 13.1. The Kier molecular flexibility index (Phi) is 3.37. The molecule has 1 aliphatic carbocycles. The average molecular weight is 261 g/mol. The maximum atomic E-state index is 9.66. The van der Waals surface area contributed by atoms with E-state index in [1.165, 1.54) is 0 Å². The molecule has 1 aromatic carbocycles. The van der Waals surface area contributed by atoms with Crippen molar-refractivity contribution in [3.63, 3.8) is 0 Å². The molecule has 3 rings (SSSR count). The summed E-state index contributed by atoms with van der Waals surface area (Å²) in [6.45, 7) is 5.54. The summed E-state index contributed by atoms with van der Waals surface area (Å²) in [5.41, 5.74) is 1.31. The molecule has 2 aliphatic rings. The van der Waals surface area contributed by atoms with Gasteiger partial charge in [-0.25, -0.2) is 0 Å². The van der Waals surface area contributed by atoms with E-state index in [4.69, 9.17) is 4.74 Å². The van der Waals surface area contributed by atoms with Gasteiger partial charge in [0.05, 0.1) is 18.8 Å². The van der Waals surface area contributed by atoms with E-state index in [9.17, 15) is 5.11 Å². The van der Waals surface area contributed by atoms with Crippen LogP contribution in [0.2, 0.25) is 0 Å². The van der Waals surface area contributed by atoms with Crippen LogP contribution in [0.5, 0.6) is 0 Å². The van der Waals surface area contributed by atoms with Crippen molar-refractivity contribution in [1.29, 1.82) is 0 Å². The molecule has 0 bridgehead atoms. The zero-order valence-corrected chi connectivity index (χ0v) is 11.7. The molecule has 3 nitrogen and oxygen atoms in total. The van der Waals surface area contributed by atoms with Crippen LogP contribution < -0.4 is 5.32 Å². The SMILES string of the molecule is CC1(C)C(NC(CO)c2ccccc2)C2CCOC21. The number of rotatable bonds is 4. The number of fused-ring (bicyclic) bond motifs is 1. The van der Waals surface area contributed by atoms with Gasteiger partial charge in [0.15, 0.2) is 0 Å². The lowest BCUT2D eigenvalue weighted by molar-refractivity contribution is -0.116. The Balaban J connectivity index is 1.73. The van der Waals surface area contributed by atoms with Crippen LogP contribution in [0.3, 0.4) is 0 Å². The highest BCUT2D eigenvalue weighted by Gasteiger charge is 2.59. The third kappa shape index (κ3) is 2.10. The first-order valence-electron chi connectivity index (χ1n) is 7.18. The van der Waals surface area contributed by atoms with Crippen LogP contribution in [0.1, 0.15) is 31.9 Å². The number of ether oxygens (including phenoxy) is 1. The molecule has 1 saturated carbocycles. The Labute approximate surface area is 115 Å². The van der Waals surface area contributed by atoms with Gasteiger partial charge >= 0.3 is 0 Å². The molecular formula is C16H23NO2. The standard InChI is InChI=1S/C16H23NO2/c1-16(2)14(12-8-9-19-15(12)16)17-13(10-18)11-6-4-3-5-7-11/h3-7,12-15,17-18H,8-10H2,1-2H3. The second kappa shape index (κ2) is 4.89. The quantitative estimate of drug-likeness (QED) is 0.872. The fourth-order valence-electron chi connectivity index (χ4n) is 3.82. The molecule has 104 valence electrons. The van der Waals surface area contributed by atoms with E-state index < -0.39 is 0 Å². The van der Waals surface area contributed by atoms with Crippen molar-refractivity contribution in [3.8, 4) is 0 Å². The number of hydrogen-bond donors (Lipinski definition) is 2. The van der Waals surface area contributed by atoms with Crippen LogP contribution in [0.4, 0.5) is 0 Å². The van der Waals surface area contributed by atoms with Crippen molar-refractivity contribution in [1.82, 2.24) is 5.32 Å². The van der Waals surface area contributed by atoms with Crippen molar-refractivity contribution in [3.05, 3.63) is 35.9 Å². The summed E-state index contributed by atoms with van der Waals surface area (Å²) >= 11 is 0. The minimum absolute atomic E-state index is 0.0204. The Bertz CT molecular complexity index is 432. The summed E-state index contributed by atoms with van der Waals surface area (Å²) in [5.74, 6) is 0.604. The highest BCUT2D eigenvalue weighted by Crippen LogP contribution is 2.52. The predicted molar refractivity (Wildman–Crippen MR) is 74.8 cm³/mol. The molecular weight excluding hydrogens is 238 g/mol. The normalized spacial score (nSPS) is 33.5. The van der Waals surface area contributed by atoms with Crippen molar-refractivity contribution in [2.75, 3.05) is 13.2 Å². The van der Waals surface area contributed by atoms with E-state index in [0.29, 0.717) is 18.1 Å². The molecule has 3 heteroatoms. The Morgan fingerprint density at radius 1 is 1.37 bits per heavy atom. The van der Waals surface area contributed by atoms with Gasteiger partial charge in [0, 0.05) is 24.0 Å². The van der Waals surface area contributed by atoms with Crippen molar-refractivity contribution >= 4 is 0 Å². The van der Waals surface area contributed by atoms with E-state index >= 15 is 0 Å². The van der Waals surface area contributed by atoms with Crippen LogP contribution in [0.15, 0.2) is 30.3 Å². The summed E-state index contributed by atoms with van der Waals surface area (Å²) in [6, 6.07) is 10.6. The van der Waals surface area contributed by atoms with Crippen molar-refractivity contribution in [2.45, 2.75) is 38.5 Å². The zero-order valence-electron chi connectivity index (χ0n) is 11.7. The van der Waals surface area contributed by atoms with Crippen LogP contribution in [0.25, 0.3) is 0 Å². The number of benzene rings is 1. The maximum absolute atomic E-state index is 9.66. The largest absolute Gasteiger partial charge is 0.394 e. The van der Waals surface area contributed by atoms with E-state index in [1.807, 2.05) is 18.2 Å². The lowest BCUT2D eigenvalue weighted by Crippen LogP contribution is -2.66. The van der Waals surface area contributed by atoms with E-state index in [-0.39, 0.29) is 18.1 Å². The molecule has 1 aliphatic heterocycles. The molecule has 1 heterocycles. The van der Waals surface area contributed by atoms with Crippen LogP contribution >= 0.6 is 0 Å². The molecule has 4 unspecified atom stereocenters. The number of aliphatic hydroxyl groups excluding tert-OH is 1. The Hall–Kier alpha value is -0.900. The molecule has 19 heavy (non-hydrogen) atoms. The average Bonchev–Trinajstić information content (AvgIpc) is 2.87. The van der Waals surface area contributed by atoms with Crippen LogP contribution in [-0.2, 0) is 4.74 Å². The van der Waals surface area contributed by atoms with Gasteiger partial charge in [-0.1, -0.05) is 44.2 Å². The third-order valence-corrected chi connectivity index (χ3v) is 4.87. The summed E-state index contributed by atoms with van der Waals surface area (Å²) in [4.78, 5) is 0. The lowest BCUT2D eigenvalue weighted by atomic mass is 9.57. The van der Waals surface area contributed by atoms with E-state index in [0.717, 1.165) is 18.6 Å². The van der Waals surface area contributed by atoms with E-state index in [1.54, 1.807) is 0 Å². The minimum atomic E-state index is 0.0204. The second-order valence-corrected chi connectivity index (χ2v) is 6.36. The van der Waals surface area contributed by atoms with Gasteiger partial charge in [0.25, 0.3) is 0 Å². The monoisotopic (exact) mass is 261 g/mol. The first-order chi connectivity index (χ1) is 9.14. The number of hydrogen-bond acceptors (Lipinski definition) is 3. The van der Waals surface area contributed by atoms with Gasteiger partial charge in [0.2, 0.25) is 0 Å². The molecule has 1 aromatic rings. The summed E-state index contributed by atoms with van der Waals surface area (Å²) in [6.07, 6.45) is 1.53. The fraction of sp³-hybridized carbons (Fsp3) is 0.625. The van der Waals surface area contributed by atoms with Gasteiger partial charge < -0.3 is 15.2 Å². The molecule has 2 N–H and O–H groups in total. The van der Waals surface area contributed by atoms with Gasteiger partial charge in [0.1, 0.15) is 0 Å². The van der Waals surface area contributed by atoms with Gasteiger partial charge in [-0.15, -0.1) is 0 Å². The topological polar surface area (TPSA) is 41.5 Å². The van der Waals surface area contributed by atoms with Crippen LogP contribution in [0, 0.1) is 11.3 Å². The lowest BCUT2D eigenvalue weighted by Gasteiger charge is -2.55. The van der Waals surface area contributed by atoms with E-state index in [2.05, 4.69) is 31.3 Å². The third-order valence-electron chi connectivity index (χ3n) is 4.87. The summed E-state index contributed by atoms with van der Waals surface area (Å²) < 4.78 is 5.82. The maximum Gasteiger partial charge on any atom is 0.0685 e. The minimum Gasteiger partial charge on any atom is -0.394 e. The highest BCUT2D eigenvalue weighted by atomic mass is 16.5. The zero-order chi connectivity index (χ0) is 13.5. The molecule has 0 aromatic heterocycles. The highest BCUT2D eigenvalue weighted by molar-refractivity contribution is 5.21. The molecule has 4 atom stereocenters. The predicted octanol–water partition coefficient (Wildman–Crippen LogP) is 2.12. The second-order valence-electron chi connectivity index (χ2n) is 6.36. The van der Waals surface area contributed by atoms with Crippen molar-refractivity contribution in [2.24, 2.45) is 11.3 Å². The van der Waals surface area contributed by atoms with Gasteiger partial charge in [-0.05, 0) is 12.0 Å². The number of nitrogens with one attached hydrogen (secondary N) is 1.